The molecule has 3 rings (SSSR count). The third-order valence-corrected chi connectivity index (χ3v) is 4.32. The van der Waals surface area contributed by atoms with Crippen LogP contribution in [-0.2, 0) is 4.74 Å². The number of ether oxygens (including phenoxy) is 1. The SMILES string of the molecule is Cl.O=C(c1ccc(C2CCNCC2)c(F)c1)N1CCOCC1. The van der Waals surface area contributed by atoms with E-state index in [9.17, 15) is 9.18 Å². The lowest BCUT2D eigenvalue weighted by molar-refractivity contribution is 0.0302. The van der Waals surface area contributed by atoms with Crippen molar-refractivity contribution in [1.82, 2.24) is 10.2 Å². The fourth-order valence-corrected chi connectivity index (χ4v) is 3.07. The molecule has 0 aliphatic carbocycles. The first-order chi connectivity index (χ1) is 10.3. The highest BCUT2D eigenvalue weighted by molar-refractivity contribution is 5.94. The molecule has 1 aromatic carbocycles. The number of halogens is 2. The first-order valence-electron chi connectivity index (χ1n) is 7.63. The number of rotatable bonds is 2. The Bertz CT molecular complexity index is 515. The van der Waals surface area contributed by atoms with Crippen LogP contribution in [-0.4, -0.2) is 50.2 Å². The van der Waals surface area contributed by atoms with E-state index < -0.39 is 0 Å². The molecule has 0 unspecified atom stereocenters. The number of carbonyl (C=O) groups excluding carboxylic acids is 1. The summed E-state index contributed by atoms with van der Waals surface area (Å²) in [5.41, 5.74) is 1.18. The van der Waals surface area contributed by atoms with Crippen LogP contribution in [0.2, 0.25) is 0 Å². The highest BCUT2D eigenvalue weighted by Crippen LogP contribution is 2.28. The standard InChI is InChI=1S/C16H21FN2O2.ClH/c17-15-11-13(16(20)19-7-9-21-10-8-19)1-2-14(15)12-3-5-18-6-4-12;/h1-2,11-12,18H,3-10H2;1H. The van der Waals surface area contributed by atoms with Crippen molar-refractivity contribution in [3.8, 4) is 0 Å². The van der Waals surface area contributed by atoms with Gasteiger partial charge in [0.1, 0.15) is 5.82 Å². The first-order valence-corrected chi connectivity index (χ1v) is 7.63. The van der Waals surface area contributed by atoms with Crippen LogP contribution in [0, 0.1) is 5.82 Å². The maximum atomic E-state index is 14.3. The van der Waals surface area contributed by atoms with Gasteiger partial charge < -0.3 is 15.0 Å². The van der Waals surface area contributed by atoms with E-state index in [-0.39, 0.29) is 30.0 Å². The predicted molar refractivity (Wildman–Crippen MR) is 85.2 cm³/mol. The maximum absolute atomic E-state index is 14.3. The van der Waals surface area contributed by atoms with Gasteiger partial charge in [-0.15, -0.1) is 12.4 Å². The van der Waals surface area contributed by atoms with Crippen molar-refractivity contribution in [3.05, 3.63) is 35.1 Å². The summed E-state index contributed by atoms with van der Waals surface area (Å²) in [5, 5.41) is 3.28. The van der Waals surface area contributed by atoms with E-state index >= 15 is 0 Å². The molecule has 1 aromatic rings. The molecule has 6 heteroatoms. The van der Waals surface area contributed by atoms with Crippen molar-refractivity contribution in [3.63, 3.8) is 0 Å². The van der Waals surface area contributed by atoms with Crippen LogP contribution >= 0.6 is 12.4 Å². The van der Waals surface area contributed by atoms with E-state index in [0.29, 0.717) is 31.9 Å². The van der Waals surface area contributed by atoms with Crippen LogP contribution in [0.4, 0.5) is 4.39 Å². The van der Waals surface area contributed by atoms with Gasteiger partial charge in [0.2, 0.25) is 0 Å². The number of piperidine rings is 1. The van der Waals surface area contributed by atoms with Crippen molar-refractivity contribution < 1.29 is 13.9 Å². The molecule has 0 saturated carbocycles. The number of benzene rings is 1. The van der Waals surface area contributed by atoms with Crippen molar-refractivity contribution >= 4 is 18.3 Å². The number of hydrogen-bond acceptors (Lipinski definition) is 3. The Morgan fingerprint density at radius 1 is 1.23 bits per heavy atom. The molecule has 2 saturated heterocycles. The smallest absolute Gasteiger partial charge is 0.254 e. The zero-order valence-corrected chi connectivity index (χ0v) is 13.3. The highest BCUT2D eigenvalue weighted by Gasteiger charge is 2.22. The average Bonchev–Trinajstić information content (AvgIpc) is 2.55. The molecule has 122 valence electrons. The summed E-state index contributed by atoms with van der Waals surface area (Å²) in [5.74, 6) is -0.0890. The van der Waals surface area contributed by atoms with E-state index in [1.165, 1.54) is 6.07 Å². The van der Waals surface area contributed by atoms with Crippen LogP contribution in [0.1, 0.15) is 34.7 Å². The zero-order valence-electron chi connectivity index (χ0n) is 12.5. The minimum atomic E-state index is -0.249. The summed E-state index contributed by atoms with van der Waals surface area (Å²) in [6.07, 6.45) is 1.90. The summed E-state index contributed by atoms with van der Waals surface area (Å²) < 4.78 is 19.6. The second-order valence-electron chi connectivity index (χ2n) is 5.67. The van der Waals surface area contributed by atoms with Gasteiger partial charge in [-0.25, -0.2) is 4.39 Å². The van der Waals surface area contributed by atoms with Crippen LogP contribution in [0.5, 0.6) is 0 Å². The van der Waals surface area contributed by atoms with Gasteiger partial charge in [0, 0.05) is 18.7 Å². The topological polar surface area (TPSA) is 41.6 Å². The number of amides is 1. The fraction of sp³-hybridized carbons (Fsp3) is 0.562. The van der Waals surface area contributed by atoms with Crippen molar-refractivity contribution in [2.24, 2.45) is 0 Å². The molecule has 4 nitrogen and oxygen atoms in total. The zero-order chi connectivity index (χ0) is 14.7. The van der Waals surface area contributed by atoms with Gasteiger partial charge in [0.25, 0.3) is 5.91 Å². The van der Waals surface area contributed by atoms with E-state index in [4.69, 9.17) is 4.74 Å². The lowest BCUT2D eigenvalue weighted by atomic mass is 9.89. The van der Waals surface area contributed by atoms with E-state index in [1.54, 1.807) is 17.0 Å². The first kappa shape index (κ1) is 17.2. The number of morpholine rings is 1. The van der Waals surface area contributed by atoms with Gasteiger partial charge in [0.15, 0.2) is 0 Å². The lowest BCUT2D eigenvalue weighted by Gasteiger charge is -2.27. The maximum Gasteiger partial charge on any atom is 0.254 e. The summed E-state index contributed by atoms with van der Waals surface area (Å²) in [7, 11) is 0. The molecule has 2 heterocycles. The largest absolute Gasteiger partial charge is 0.378 e. The highest BCUT2D eigenvalue weighted by atomic mass is 35.5. The Kier molecular flexibility index (Phi) is 6.17. The predicted octanol–water partition coefficient (Wildman–Crippen LogP) is 2.19. The molecule has 0 aromatic heterocycles. The van der Waals surface area contributed by atoms with Gasteiger partial charge >= 0.3 is 0 Å². The molecular formula is C16H22ClFN2O2. The molecule has 2 aliphatic heterocycles. The van der Waals surface area contributed by atoms with Crippen LogP contribution in [0.15, 0.2) is 18.2 Å². The Balaban J connectivity index is 0.00000176. The van der Waals surface area contributed by atoms with Gasteiger partial charge in [-0.3, -0.25) is 4.79 Å². The fourth-order valence-electron chi connectivity index (χ4n) is 3.07. The van der Waals surface area contributed by atoms with Crippen LogP contribution in [0.3, 0.4) is 0 Å². The molecule has 1 amide bonds. The third-order valence-electron chi connectivity index (χ3n) is 4.32. The third kappa shape index (κ3) is 3.77. The number of carbonyl (C=O) groups is 1. The summed E-state index contributed by atoms with van der Waals surface area (Å²) in [6, 6.07) is 4.95. The monoisotopic (exact) mass is 328 g/mol. The van der Waals surface area contributed by atoms with E-state index in [2.05, 4.69) is 5.32 Å². The normalized spacial score (nSPS) is 19.6. The Labute approximate surface area is 136 Å². The van der Waals surface area contributed by atoms with Gasteiger partial charge in [0.05, 0.1) is 13.2 Å². The summed E-state index contributed by atoms with van der Waals surface area (Å²) >= 11 is 0. The van der Waals surface area contributed by atoms with Crippen molar-refractivity contribution in [1.29, 1.82) is 0 Å². The second kappa shape index (κ2) is 7.90. The molecule has 0 radical (unpaired) electrons. The molecule has 1 N–H and O–H groups in total. The summed E-state index contributed by atoms with van der Waals surface area (Å²) in [4.78, 5) is 14.1. The lowest BCUT2D eigenvalue weighted by Crippen LogP contribution is -2.40. The Hall–Kier alpha value is -1.17. The number of hydrogen-bond donors (Lipinski definition) is 1. The number of nitrogens with one attached hydrogen (secondary N) is 1. The minimum absolute atomic E-state index is 0. The molecular weight excluding hydrogens is 307 g/mol. The number of nitrogens with zero attached hydrogens (tertiary/aromatic N) is 1. The average molecular weight is 329 g/mol. The quantitative estimate of drug-likeness (QED) is 0.905. The van der Waals surface area contributed by atoms with E-state index in [0.717, 1.165) is 31.5 Å². The van der Waals surface area contributed by atoms with Crippen LogP contribution in [0.25, 0.3) is 0 Å². The van der Waals surface area contributed by atoms with Gasteiger partial charge in [-0.2, -0.15) is 0 Å². The molecule has 0 bridgehead atoms. The second-order valence-corrected chi connectivity index (χ2v) is 5.67. The van der Waals surface area contributed by atoms with Gasteiger partial charge in [-0.1, -0.05) is 6.07 Å². The molecule has 22 heavy (non-hydrogen) atoms. The Morgan fingerprint density at radius 2 is 1.91 bits per heavy atom. The van der Waals surface area contributed by atoms with Crippen molar-refractivity contribution in [2.45, 2.75) is 18.8 Å². The molecule has 2 fully saturated rings. The minimum Gasteiger partial charge on any atom is -0.378 e. The van der Waals surface area contributed by atoms with Crippen LogP contribution < -0.4 is 5.32 Å². The van der Waals surface area contributed by atoms with Gasteiger partial charge in [-0.05, 0) is 49.5 Å². The molecule has 0 spiro atoms. The Morgan fingerprint density at radius 3 is 2.55 bits per heavy atom. The van der Waals surface area contributed by atoms with Crippen molar-refractivity contribution in [2.75, 3.05) is 39.4 Å². The molecule has 2 aliphatic rings. The van der Waals surface area contributed by atoms with E-state index in [1.807, 2.05) is 0 Å². The summed E-state index contributed by atoms with van der Waals surface area (Å²) in [6.45, 7) is 4.13. The molecule has 0 atom stereocenters.